The van der Waals surface area contributed by atoms with Crippen molar-refractivity contribution in [2.45, 2.75) is 51.9 Å². The maximum atomic E-state index is 12.4. The molecule has 0 aromatic rings. The standard InChI is InChI=1S/C16H24O3/c1-2-19-15(18)4-3-14(17)16-12-6-10-5-11(8-12)9-13(16)7-10/h10-13,16H,2-9H2,1H3. The third-order valence-corrected chi connectivity index (χ3v) is 5.48. The fourth-order valence-corrected chi connectivity index (χ4v) is 5.08. The highest BCUT2D eigenvalue weighted by Crippen LogP contribution is 2.56. The third kappa shape index (κ3) is 2.56. The summed E-state index contributed by atoms with van der Waals surface area (Å²) in [5.41, 5.74) is 0. The highest BCUT2D eigenvalue weighted by Gasteiger charge is 2.50. The average Bonchev–Trinajstić information content (AvgIpc) is 2.35. The SMILES string of the molecule is CCOC(=O)CCC(=O)C1C2CC3CC(C2)CC1C3. The summed E-state index contributed by atoms with van der Waals surface area (Å²) in [7, 11) is 0. The lowest BCUT2D eigenvalue weighted by molar-refractivity contribution is -0.146. The van der Waals surface area contributed by atoms with Gasteiger partial charge in [-0.05, 0) is 62.7 Å². The lowest BCUT2D eigenvalue weighted by Crippen LogP contribution is -2.48. The predicted molar refractivity (Wildman–Crippen MR) is 71.4 cm³/mol. The van der Waals surface area contributed by atoms with Crippen molar-refractivity contribution in [1.29, 1.82) is 0 Å². The number of Topliss-reactive ketones (excluding diaryl/α,β-unsaturated/α-hetero) is 1. The first-order chi connectivity index (χ1) is 9.17. The van der Waals surface area contributed by atoms with Crippen LogP contribution in [-0.4, -0.2) is 18.4 Å². The van der Waals surface area contributed by atoms with Gasteiger partial charge in [0.25, 0.3) is 0 Å². The molecule has 3 nitrogen and oxygen atoms in total. The largest absolute Gasteiger partial charge is 0.466 e. The molecule has 0 atom stereocenters. The summed E-state index contributed by atoms with van der Waals surface area (Å²) < 4.78 is 4.91. The van der Waals surface area contributed by atoms with E-state index in [1.807, 2.05) is 0 Å². The minimum absolute atomic E-state index is 0.223. The van der Waals surface area contributed by atoms with Gasteiger partial charge in [-0.1, -0.05) is 0 Å². The molecule has 0 aromatic carbocycles. The number of ketones is 1. The fourth-order valence-electron chi connectivity index (χ4n) is 5.08. The molecule has 0 amide bonds. The Morgan fingerprint density at radius 3 is 2.05 bits per heavy atom. The van der Waals surface area contributed by atoms with Crippen LogP contribution in [0.1, 0.15) is 51.9 Å². The van der Waals surface area contributed by atoms with E-state index in [1.165, 1.54) is 32.1 Å². The van der Waals surface area contributed by atoms with Gasteiger partial charge in [0.05, 0.1) is 13.0 Å². The van der Waals surface area contributed by atoms with Gasteiger partial charge in [-0.2, -0.15) is 0 Å². The van der Waals surface area contributed by atoms with E-state index in [2.05, 4.69) is 0 Å². The zero-order valence-electron chi connectivity index (χ0n) is 11.8. The molecule has 0 aliphatic heterocycles. The summed E-state index contributed by atoms with van der Waals surface area (Å²) in [6.07, 6.45) is 7.15. The molecule has 0 heterocycles. The summed E-state index contributed by atoms with van der Waals surface area (Å²) >= 11 is 0. The molecule has 0 unspecified atom stereocenters. The van der Waals surface area contributed by atoms with Gasteiger partial charge in [0, 0.05) is 12.3 Å². The minimum atomic E-state index is -0.223. The Balaban J connectivity index is 1.57. The normalized spacial score (nSPS) is 39.3. The fraction of sp³-hybridized carbons (Fsp3) is 0.875. The first kappa shape index (κ1) is 13.1. The molecule has 0 N–H and O–H groups in total. The summed E-state index contributed by atoms with van der Waals surface area (Å²) in [5.74, 6) is 3.44. The third-order valence-electron chi connectivity index (χ3n) is 5.48. The van der Waals surface area contributed by atoms with Crippen LogP contribution in [0.4, 0.5) is 0 Å². The van der Waals surface area contributed by atoms with E-state index in [9.17, 15) is 9.59 Å². The Bertz CT molecular complexity index is 346. The van der Waals surface area contributed by atoms with Gasteiger partial charge in [-0.25, -0.2) is 0 Å². The highest BCUT2D eigenvalue weighted by atomic mass is 16.5. The molecule has 0 spiro atoms. The molecule has 4 fully saturated rings. The van der Waals surface area contributed by atoms with Crippen LogP contribution in [0.25, 0.3) is 0 Å². The van der Waals surface area contributed by atoms with Crippen LogP contribution in [-0.2, 0) is 14.3 Å². The van der Waals surface area contributed by atoms with Crippen molar-refractivity contribution in [2.75, 3.05) is 6.61 Å². The molecule has 3 heteroatoms. The monoisotopic (exact) mass is 264 g/mol. The van der Waals surface area contributed by atoms with Gasteiger partial charge < -0.3 is 4.74 Å². The van der Waals surface area contributed by atoms with Crippen molar-refractivity contribution in [1.82, 2.24) is 0 Å². The molecule has 4 bridgehead atoms. The molecule has 106 valence electrons. The van der Waals surface area contributed by atoms with E-state index in [-0.39, 0.29) is 18.3 Å². The Hall–Kier alpha value is -0.860. The van der Waals surface area contributed by atoms with Crippen molar-refractivity contribution in [3.8, 4) is 0 Å². The van der Waals surface area contributed by atoms with Gasteiger partial charge in [-0.15, -0.1) is 0 Å². The number of carbonyl (C=O) groups is 2. The van der Waals surface area contributed by atoms with E-state index in [0.29, 0.717) is 30.6 Å². The van der Waals surface area contributed by atoms with Crippen molar-refractivity contribution >= 4 is 11.8 Å². The molecular weight excluding hydrogens is 240 g/mol. The molecule has 0 aromatic heterocycles. The van der Waals surface area contributed by atoms with E-state index >= 15 is 0 Å². The van der Waals surface area contributed by atoms with Crippen molar-refractivity contribution in [3.63, 3.8) is 0 Å². The maximum Gasteiger partial charge on any atom is 0.306 e. The van der Waals surface area contributed by atoms with E-state index in [0.717, 1.165) is 11.8 Å². The molecule has 4 aliphatic carbocycles. The zero-order chi connectivity index (χ0) is 13.4. The number of ether oxygens (including phenoxy) is 1. The lowest BCUT2D eigenvalue weighted by Gasteiger charge is -2.53. The van der Waals surface area contributed by atoms with Crippen molar-refractivity contribution < 1.29 is 14.3 Å². The first-order valence-electron chi connectivity index (χ1n) is 7.85. The summed E-state index contributed by atoms with van der Waals surface area (Å²) in [6, 6.07) is 0. The number of carbonyl (C=O) groups excluding carboxylic acids is 2. The molecule has 4 aliphatic rings. The average molecular weight is 264 g/mol. The van der Waals surface area contributed by atoms with Crippen LogP contribution in [0.5, 0.6) is 0 Å². The Kier molecular flexibility index (Phi) is 3.64. The molecular formula is C16H24O3. The van der Waals surface area contributed by atoms with E-state index in [4.69, 9.17) is 4.74 Å². The van der Waals surface area contributed by atoms with Crippen LogP contribution in [0.15, 0.2) is 0 Å². The highest BCUT2D eigenvalue weighted by molar-refractivity contribution is 5.85. The molecule has 0 saturated heterocycles. The second-order valence-corrected chi connectivity index (χ2v) is 6.73. The number of hydrogen-bond acceptors (Lipinski definition) is 3. The Morgan fingerprint density at radius 2 is 1.53 bits per heavy atom. The summed E-state index contributed by atoms with van der Waals surface area (Å²) in [4.78, 5) is 23.8. The number of esters is 1. The second-order valence-electron chi connectivity index (χ2n) is 6.73. The first-order valence-corrected chi connectivity index (χ1v) is 7.85. The minimum Gasteiger partial charge on any atom is -0.466 e. The number of rotatable bonds is 5. The van der Waals surface area contributed by atoms with Crippen LogP contribution in [0.3, 0.4) is 0 Å². The van der Waals surface area contributed by atoms with Crippen LogP contribution < -0.4 is 0 Å². The van der Waals surface area contributed by atoms with Crippen molar-refractivity contribution in [3.05, 3.63) is 0 Å². The van der Waals surface area contributed by atoms with Crippen LogP contribution in [0.2, 0.25) is 0 Å². The molecule has 4 saturated carbocycles. The summed E-state index contributed by atoms with van der Waals surface area (Å²) in [5, 5.41) is 0. The molecule has 0 radical (unpaired) electrons. The second kappa shape index (κ2) is 5.26. The van der Waals surface area contributed by atoms with Gasteiger partial charge in [0.1, 0.15) is 5.78 Å². The Morgan fingerprint density at radius 1 is 0.947 bits per heavy atom. The quantitative estimate of drug-likeness (QED) is 0.717. The summed E-state index contributed by atoms with van der Waals surface area (Å²) in [6.45, 7) is 2.21. The Labute approximate surface area is 115 Å². The molecule has 4 rings (SSSR count). The van der Waals surface area contributed by atoms with Crippen LogP contribution >= 0.6 is 0 Å². The van der Waals surface area contributed by atoms with Crippen molar-refractivity contribution in [2.24, 2.45) is 29.6 Å². The predicted octanol–water partition coefficient (Wildman–Crippen LogP) is 2.97. The lowest BCUT2D eigenvalue weighted by atomic mass is 9.51. The number of hydrogen-bond donors (Lipinski definition) is 0. The van der Waals surface area contributed by atoms with Crippen LogP contribution in [0, 0.1) is 29.6 Å². The van der Waals surface area contributed by atoms with Gasteiger partial charge in [-0.3, -0.25) is 9.59 Å². The zero-order valence-corrected chi connectivity index (χ0v) is 11.8. The molecule has 19 heavy (non-hydrogen) atoms. The smallest absolute Gasteiger partial charge is 0.306 e. The maximum absolute atomic E-state index is 12.4. The topological polar surface area (TPSA) is 43.4 Å². The van der Waals surface area contributed by atoms with E-state index < -0.39 is 0 Å². The van der Waals surface area contributed by atoms with E-state index in [1.54, 1.807) is 6.92 Å². The van der Waals surface area contributed by atoms with Gasteiger partial charge in [0.15, 0.2) is 0 Å². The van der Waals surface area contributed by atoms with Gasteiger partial charge in [0.2, 0.25) is 0 Å². The van der Waals surface area contributed by atoms with Gasteiger partial charge >= 0.3 is 5.97 Å².